The van der Waals surface area contributed by atoms with Crippen LogP contribution in [0.4, 0.5) is 0 Å². The van der Waals surface area contributed by atoms with Gasteiger partial charge in [0.1, 0.15) is 6.04 Å². The van der Waals surface area contributed by atoms with Crippen molar-refractivity contribution in [2.75, 3.05) is 20.0 Å². The summed E-state index contributed by atoms with van der Waals surface area (Å²) >= 11 is 0. The Balaban J connectivity index is 2.87. The minimum Gasteiger partial charge on any atom is -0.394 e. The normalized spacial score (nSPS) is 13.5. The third-order valence-corrected chi connectivity index (χ3v) is 6.17. The molecule has 1 rings (SSSR count). The molecule has 1 aromatic rings. The van der Waals surface area contributed by atoms with E-state index in [-0.39, 0.29) is 18.3 Å². The Morgan fingerprint density at radius 1 is 1.23 bits per heavy atom. The molecule has 4 N–H and O–H groups in total. The zero-order valence-corrected chi connectivity index (χ0v) is 18.1. The van der Waals surface area contributed by atoms with Crippen molar-refractivity contribution >= 4 is 22.6 Å². The number of rotatable bonds is 8. The zero-order chi connectivity index (χ0) is 22.7. The van der Waals surface area contributed by atoms with E-state index in [4.69, 9.17) is 15.1 Å². The summed E-state index contributed by atoms with van der Waals surface area (Å²) < 4.78 is 15.8. The van der Waals surface area contributed by atoms with Crippen molar-refractivity contribution in [2.24, 2.45) is 0 Å². The van der Waals surface area contributed by atoms with Gasteiger partial charge < -0.3 is 15.2 Å². The number of carbonyl (C=O) groups excluding carboxylic acids is 2. The first-order chi connectivity index (χ1) is 14.2. The van der Waals surface area contributed by atoms with E-state index in [1.165, 1.54) is 31.0 Å². The molecule has 30 heavy (non-hydrogen) atoms. The number of ether oxygens (including phenoxy) is 1. The SMILES string of the molecule is COC(CO)CC#CC#Cc1ccc(C(=O)N[C@H](C(=O)NO)C(C)(C)S(C)=O)cc1. The van der Waals surface area contributed by atoms with Crippen LogP contribution >= 0.6 is 0 Å². The molecule has 162 valence electrons. The summed E-state index contributed by atoms with van der Waals surface area (Å²) in [4.78, 5) is 24.5. The Hall–Kier alpha value is -2.69. The first-order valence-corrected chi connectivity index (χ1v) is 10.5. The summed E-state index contributed by atoms with van der Waals surface area (Å²) in [6.45, 7) is 2.99. The monoisotopic (exact) mass is 434 g/mol. The standard InChI is InChI=1S/C21H26N2O6S/c1-21(2,30(4)28)18(20(26)23-27)22-19(25)16-12-10-15(11-13-16)8-6-5-7-9-17(14-24)29-3/h10-13,17-18,24,27H,9,14H2,1-4H3,(H,22,25)(H,23,26)/t17?,18-,30?/m1/s1. The highest BCUT2D eigenvalue weighted by Crippen LogP contribution is 2.18. The molecule has 3 atom stereocenters. The summed E-state index contributed by atoms with van der Waals surface area (Å²) in [5, 5.41) is 20.5. The number of carbonyl (C=O) groups is 2. The number of hydroxylamine groups is 1. The second-order valence-corrected chi connectivity index (χ2v) is 8.77. The predicted octanol–water partition coefficient (Wildman–Crippen LogP) is 0.200. The summed E-state index contributed by atoms with van der Waals surface area (Å²) in [7, 11) is 0.0387. The molecule has 1 aromatic carbocycles. The Bertz CT molecular complexity index is 886. The van der Waals surface area contributed by atoms with Gasteiger partial charge in [0.15, 0.2) is 0 Å². The molecule has 0 bridgehead atoms. The van der Waals surface area contributed by atoms with Crippen LogP contribution < -0.4 is 10.8 Å². The highest BCUT2D eigenvalue weighted by molar-refractivity contribution is 7.85. The first-order valence-electron chi connectivity index (χ1n) is 8.98. The summed E-state index contributed by atoms with van der Waals surface area (Å²) in [5.41, 5.74) is 2.40. The van der Waals surface area contributed by atoms with Crippen LogP contribution in [0, 0.1) is 23.7 Å². The van der Waals surface area contributed by atoms with Crippen molar-refractivity contribution in [2.45, 2.75) is 37.2 Å². The van der Waals surface area contributed by atoms with Crippen molar-refractivity contribution in [3.8, 4) is 23.7 Å². The van der Waals surface area contributed by atoms with Crippen LogP contribution in [-0.4, -0.2) is 63.2 Å². The third-order valence-electron chi connectivity index (χ3n) is 4.46. The van der Waals surface area contributed by atoms with Gasteiger partial charge in [0.25, 0.3) is 11.8 Å². The molecule has 0 saturated carbocycles. The van der Waals surface area contributed by atoms with E-state index in [2.05, 4.69) is 29.0 Å². The highest BCUT2D eigenvalue weighted by atomic mass is 32.2. The second kappa shape index (κ2) is 12.1. The topological polar surface area (TPSA) is 125 Å². The van der Waals surface area contributed by atoms with E-state index in [1.807, 2.05) is 0 Å². The molecular formula is C21H26N2O6S. The molecule has 0 aliphatic carbocycles. The lowest BCUT2D eigenvalue weighted by Crippen LogP contribution is -2.58. The maximum absolute atomic E-state index is 12.5. The third kappa shape index (κ3) is 7.29. The number of nitrogens with one attached hydrogen (secondary N) is 2. The molecular weight excluding hydrogens is 408 g/mol. The van der Waals surface area contributed by atoms with E-state index >= 15 is 0 Å². The summed E-state index contributed by atoms with van der Waals surface area (Å²) in [6, 6.07) is 5.11. The summed E-state index contributed by atoms with van der Waals surface area (Å²) in [5.74, 6) is 9.55. The molecule has 9 heteroatoms. The number of hydrogen-bond acceptors (Lipinski definition) is 6. The molecule has 2 unspecified atom stereocenters. The van der Waals surface area contributed by atoms with Gasteiger partial charge in [-0.25, -0.2) is 5.48 Å². The number of amides is 2. The van der Waals surface area contributed by atoms with Gasteiger partial charge in [0, 0.05) is 41.7 Å². The molecule has 0 aliphatic rings. The molecule has 8 nitrogen and oxygen atoms in total. The smallest absolute Gasteiger partial charge is 0.267 e. The number of aliphatic hydroxyl groups is 1. The number of benzene rings is 1. The van der Waals surface area contributed by atoms with E-state index in [9.17, 15) is 13.8 Å². The van der Waals surface area contributed by atoms with Crippen molar-refractivity contribution in [1.29, 1.82) is 0 Å². The quantitative estimate of drug-likeness (QED) is 0.263. The maximum Gasteiger partial charge on any atom is 0.267 e. The molecule has 2 amide bonds. The Labute approximate surface area is 178 Å². The fourth-order valence-electron chi connectivity index (χ4n) is 2.24. The van der Waals surface area contributed by atoms with E-state index in [1.54, 1.807) is 26.0 Å². The van der Waals surface area contributed by atoms with E-state index in [0.717, 1.165) is 0 Å². The molecule has 0 fully saturated rings. The first kappa shape index (κ1) is 25.3. The second-order valence-electron chi connectivity index (χ2n) is 6.81. The fourth-order valence-corrected chi connectivity index (χ4v) is 2.74. The summed E-state index contributed by atoms with van der Waals surface area (Å²) in [6.07, 6.45) is 1.44. The van der Waals surface area contributed by atoms with Crippen molar-refractivity contribution in [3.05, 3.63) is 35.4 Å². The van der Waals surface area contributed by atoms with Gasteiger partial charge >= 0.3 is 0 Å². The molecule has 0 heterocycles. The Morgan fingerprint density at radius 3 is 2.37 bits per heavy atom. The van der Waals surface area contributed by atoms with E-state index < -0.39 is 33.4 Å². The van der Waals surface area contributed by atoms with Crippen molar-refractivity contribution < 1.29 is 28.8 Å². The van der Waals surface area contributed by atoms with Crippen molar-refractivity contribution in [1.82, 2.24) is 10.8 Å². The van der Waals surface area contributed by atoms with Gasteiger partial charge in [-0.3, -0.25) is 19.0 Å². The van der Waals surface area contributed by atoms with Crippen LogP contribution in [0.15, 0.2) is 24.3 Å². The average Bonchev–Trinajstić information content (AvgIpc) is 2.74. The minimum atomic E-state index is -1.45. The Morgan fingerprint density at radius 2 is 1.87 bits per heavy atom. The van der Waals surface area contributed by atoms with Crippen LogP contribution in [0.3, 0.4) is 0 Å². The maximum atomic E-state index is 12.5. The van der Waals surface area contributed by atoms with Crippen LogP contribution in [0.25, 0.3) is 0 Å². The molecule has 0 spiro atoms. The van der Waals surface area contributed by atoms with Crippen LogP contribution in [0.5, 0.6) is 0 Å². The minimum absolute atomic E-state index is 0.117. The van der Waals surface area contributed by atoms with Gasteiger partial charge in [-0.1, -0.05) is 11.8 Å². The molecule has 0 saturated heterocycles. The lowest BCUT2D eigenvalue weighted by Gasteiger charge is -2.31. The van der Waals surface area contributed by atoms with Crippen LogP contribution in [0.2, 0.25) is 0 Å². The van der Waals surface area contributed by atoms with Gasteiger partial charge in [0.2, 0.25) is 0 Å². The number of hydrogen-bond donors (Lipinski definition) is 4. The van der Waals surface area contributed by atoms with Gasteiger partial charge in [-0.2, -0.15) is 0 Å². The van der Waals surface area contributed by atoms with Gasteiger partial charge in [-0.05, 0) is 50.0 Å². The van der Waals surface area contributed by atoms with Crippen LogP contribution in [0.1, 0.15) is 36.2 Å². The number of aliphatic hydroxyl groups excluding tert-OH is 1. The molecule has 0 aliphatic heterocycles. The molecule has 0 radical (unpaired) electrons. The fraction of sp³-hybridized carbons (Fsp3) is 0.429. The van der Waals surface area contributed by atoms with E-state index in [0.29, 0.717) is 12.0 Å². The zero-order valence-electron chi connectivity index (χ0n) is 17.3. The largest absolute Gasteiger partial charge is 0.394 e. The lowest BCUT2D eigenvalue weighted by atomic mass is 10.0. The average molecular weight is 435 g/mol. The van der Waals surface area contributed by atoms with Gasteiger partial charge in [-0.15, -0.1) is 0 Å². The molecule has 0 aromatic heterocycles. The number of methoxy groups -OCH3 is 1. The van der Waals surface area contributed by atoms with Gasteiger partial charge in [0.05, 0.1) is 17.5 Å². The lowest BCUT2D eigenvalue weighted by molar-refractivity contribution is -0.131. The predicted molar refractivity (Wildman–Crippen MR) is 113 cm³/mol. The van der Waals surface area contributed by atoms with Crippen molar-refractivity contribution in [3.63, 3.8) is 0 Å². The Kier molecular flexibility index (Phi) is 10.2. The highest BCUT2D eigenvalue weighted by Gasteiger charge is 2.39. The van der Waals surface area contributed by atoms with Crippen LogP contribution in [-0.2, 0) is 20.3 Å².